The van der Waals surface area contributed by atoms with Crippen LogP contribution in [0.25, 0.3) is 16.6 Å². The number of morpholine rings is 1. The van der Waals surface area contributed by atoms with E-state index in [4.69, 9.17) is 18.6 Å². The Labute approximate surface area is 360 Å². The molecule has 8 heterocycles. The molecule has 1 aromatic carbocycles. The number of carbonyl (C=O) groups excluding carboxylic acids is 3. The largest absolute Gasteiger partial charge is 0.374 e. The van der Waals surface area contributed by atoms with Crippen LogP contribution in [0.2, 0.25) is 0 Å². The molecule has 10 rings (SSSR count). The number of carbonyl (C=O) groups is 3. The van der Waals surface area contributed by atoms with Gasteiger partial charge >= 0.3 is 0 Å². The van der Waals surface area contributed by atoms with Gasteiger partial charge in [0.05, 0.1) is 65.5 Å². The number of nitrogens with one attached hydrogen (secondary N) is 2. The molecule has 18 heteroatoms. The van der Waals surface area contributed by atoms with Crippen LogP contribution in [0.5, 0.6) is 0 Å². The molecule has 3 atom stereocenters. The number of fused-ring (bicyclic) bond motifs is 4. The molecule has 4 aliphatic heterocycles. The summed E-state index contributed by atoms with van der Waals surface area (Å²) in [5.74, 6) is 5.12. The van der Waals surface area contributed by atoms with Gasteiger partial charge in [-0.15, -0.1) is 0 Å². The number of aryl methyl sites for hydroxylation is 1. The van der Waals surface area contributed by atoms with Gasteiger partial charge in [0.15, 0.2) is 11.3 Å². The first-order valence-corrected chi connectivity index (χ1v) is 21.5. The molecule has 5 aliphatic rings. The molecule has 62 heavy (non-hydrogen) atoms. The smallest absolute Gasteiger partial charge is 0.284 e. The molecule has 1 saturated carbocycles. The zero-order valence-electron chi connectivity index (χ0n) is 37.0. The van der Waals surface area contributed by atoms with Gasteiger partial charge in [-0.1, -0.05) is 24.0 Å². The van der Waals surface area contributed by atoms with Gasteiger partial charge in [-0.05, 0) is 69.4 Å². The van der Waals surface area contributed by atoms with Crippen molar-refractivity contribution in [2.45, 2.75) is 94.4 Å². The summed E-state index contributed by atoms with van der Waals surface area (Å²) in [6.07, 6.45) is 8.41. The lowest BCUT2D eigenvalue weighted by Crippen LogP contribution is -2.40. The highest BCUT2D eigenvalue weighted by molar-refractivity contribution is 6.08. The zero-order valence-corrected chi connectivity index (χ0v) is 34.0. The molecule has 3 amide bonds. The fourth-order valence-electron chi connectivity index (χ4n) is 9.91. The number of nitrogens with zero attached hydrogens (tertiary/aromatic N) is 9. The van der Waals surface area contributed by atoms with Crippen LogP contribution in [0.15, 0.2) is 42.9 Å². The number of aromatic nitrogens is 7. The second kappa shape index (κ2) is 16.8. The van der Waals surface area contributed by atoms with E-state index >= 15 is 0 Å². The number of rotatable bonds is 10. The van der Waals surface area contributed by atoms with Crippen molar-refractivity contribution < 1.29 is 36.8 Å². The lowest BCUT2D eigenvalue weighted by atomic mass is 9.85. The first-order chi connectivity index (χ1) is 31.4. The Balaban J connectivity index is 0.707. The lowest BCUT2D eigenvalue weighted by Gasteiger charge is -2.36. The third-order valence-electron chi connectivity index (χ3n) is 13.2. The van der Waals surface area contributed by atoms with E-state index in [1.165, 1.54) is 16.9 Å². The van der Waals surface area contributed by atoms with Crippen LogP contribution in [-0.4, -0.2) is 114 Å². The van der Waals surface area contributed by atoms with Crippen molar-refractivity contribution in [3.8, 4) is 11.8 Å². The molecule has 324 valence electrons. The van der Waals surface area contributed by atoms with Crippen LogP contribution in [-0.2, 0) is 26.0 Å². The Kier molecular flexibility index (Phi) is 10.0. The molecule has 4 saturated heterocycles. The number of alkyl halides is 2. The van der Waals surface area contributed by atoms with Gasteiger partial charge in [-0.3, -0.25) is 29.1 Å². The minimum Gasteiger partial charge on any atom is -0.374 e. The SMILES string of the molecule is [2H]C([2H])([2H])n1nc(C2CCC(=O)NC2=O)c2cccc(C#CCOC3CCN(CC4CCC(n5cc(NC(=O)c6cnn7ccc(N8C[C@H]9C[C@@H]8CO9)nc67)c(C(F)F)n5)CC4)CC3)c21. The lowest BCUT2D eigenvalue weighted by molar-refractivity contribution is -0.134. The van der Waals surface area contributed by atoms with Gasteiger partial charge < -0.3 is 24.6 Å². The molecule has 5 fully saturated rings. The predicted octanol–water partition coefficient (Wildman–Crippen LogP) is 4.76. The average molecular weight is 853 g/mol. The topological polar surface area (TPSA) is 166 Å². The third-order valence-corrected chi connectivity index (χ3v) is 13.2. The highest BCUT2D eigenvalue weighted by atomic mass is 19.3. The first kappa shape index (κ1) is 36.8. The average Bonchev–Trinajstić information content (AvgIpc) is 4.14. The van der Waals surface area contributed by atoms with E-state index < -0.39 is 36.8 Å². The van der Waals surface area contributed by atoms with E-state index in [1.807, 2.05) is 6.07 Å². The van der Waals surface area contributed by atoms with Crippen molar-refractivity contribution >= 4 is 45.8 Å². The molecule has 1 aliphatic carbocycles. The molecule has 5 aromatic rings. The number of hydrogen-bond acceptors (Lipinski definition) is 11. The normalized spacial score (nSPS) is 25.5. The summed E-state index contributed by atoms with van der Waals surface area (Å²) in [6, 6.07) is 7.22. The zero-order chi connectivity index (χ0) is 45.0. The molecule has 0 radical (unpaired) electrons. The van der Waals surface area contributed by atoms with Gasteiger partial charge in [-0.2, -0.15) is 15.3 Å². The van der Waals surface area contributed by atoms with Gasteiger partial charge in [0, 0.05) is 61.5 Å². The Bertz CT molecular complexity index is 2690. The number of piperidine rings is 2. The highest BCUT2D eigenvalue weighted by Crippen LogP contribution is 2.37. The number of halogens is 2. The summed E-state index contributed by atoms with van der Waals surface area (Å²) in [5, 5.41) is 18.4. The minimum atomic E-state index is -2.88. The monoisotopic (exact) mass is 852 g/mol. The number of anilines is 2. The molecular weight excluding hydrogens is 801 g/mol. The number of benzene rings is 1. The van der Waals surface area contributed by atoms with E-state index in [1.54, 1.807) is 29.1 Å². The fourth-order valence-corrected chi connectivity index (χ4v) is 9.91. The van der Waals surface area contributed by atoms with Crippen LogP contribution in [0.4, 0.5) is 20.3 Å². The number of amides is 3. The van der Waals surface area contributed by atoms with Crippen LogP contribution in [0.3, 0.4) is 0 Å². The summed E-state index contributed by atoms with van der Waals surface area (Å²) in [7, 11) is 0. The Morgan fingerprint density at radius 2 is 1.95 bits per heavy atom. The maximum atomic E-state index is 14.3. The number of likely N-dealkylation sites (tertiary alicyclic amines) is 1. The van der Waals surface area contributed by atoms with E-state index in [0.717, 1.165) is 81.6 Å². The summed E-state index contributed by atoms with van der Waals surface area (Å²) in [4.78, 5) is 47.3. The number of imide groups is 1. The molecule has 0 spiro atoms. The van der Waals surface area contributed by atoms with Crippen LogP contribution < -0.4 is 15.5 Å². The van der Waals surface area contributed by atoms with Crippen molar-refractivity contribution in [3.05, 3.63) is 65.4 Å². The van der Waals surface area contributed by atoms with E-state index in [0.29, 0.717) is 40.3 Å². The molecule has 2 N–H and O–H groups in total. The highest BCUT2D eigenvalue weighted by Gasteiger charge is 2.40. The fraction of sp³-hybridized carbons (Fsp3) is 0.523. The molecule has 1 unspecified atom stereocenters. The second-order valence-corrected chi connectivity index (χ2v) is 17.1. The number of ether oxygens (including phenoxy) is 2. The molecule has 16 nitrogen and oxygen atoms in total. The third kappa shape index (κ3) is 7.93. The summed E-state index contributed by atoms with van der Waals surface area (Å²) >= 11 is 0. The van der Waals surface area contributed by atoms with E-state index in [2.05, 4.69) is 47.6 Å². The standard InChI is InChI=1S/C44H49F2N11O5/c1-53-40-27(4-2-6-32(40)38(51-53)33-11-12-37(58)50-43(33)59)5-3-19-61-30-13-16-54(17-14-30)22-26-7-9-28(10-8-26)57-24-35(39(52-57)41(45)46)48-44(60)34-21-47-56-18-15-36(49-42(34)56)55-23-31-20-29(55)25-62-31/h2,4,6,15,18,21,24,26,28-31,33,41H,7-14,16-17,19-20,22-23,25H2,1H3,(H,48,60)(H,50,58,59)/t26?,28?,29-,31-,33?/m1/s1/i1D3. The minimum absolute atomic E-state index is 0.0216. The van der Waals surface area contributed by atoms with Gasteiger partial charge in [0.1, 0.15) is 18.0 Å². The van der Waals surface area contributed by atoms with Crippen LogP contribution in [0, 0.1) is 17.8 Å². The predicted molar refractivity (Wildman–Crippen MR) is 223 cm³/mol. The molecular formula is C44H49F2N11O5. The van der Waals surface area contributed by atoms with Crippen molar-refractivity contribution in [1.29, 1.82) is 0 Å². The maximum absolute atomic E-state index is 14.3. The van der Waals surface area contributed by atoms with Gasteiger partial charge in [-0.25, -0.2) is 18.3 Å². The van der Waals surface area contributed by atoms with Crippen molar-refractivity contribution in [1.82, 2.24) is 44.4 Å². The Morgan fingerprint density at radius 1 is 1.10 bits per heavy atom. The van der Waals surface area contributed by atoms with E-state index in [9.17, 15) is 23.2 Å². The Morgan fingerprint density at radius 3 is 2.71 bits per heavy atom. The van der Waals surface area contributed by atoms with Crippen molar-refractivity contribution in [2.75, 3.05) is 49.6 Å². The van der Waals surface area contributed by atoms with Crippen molar-refractivity contribution in [3.63, 3.8) is 0 Å². The molecule has 4 aromatic heterocycles. The Hall–Kier alpha value is -5.77. The van der Waals surface area contributed by atoms with Crippen LogP contribution in [0.1, 0.15) is 108 Å². The van der Waals surface area contributed by atoms with Gasteiger partial charge in [0.2, 0.25) is 11.8 Å². The maximum Gasteiger partial charge on any atom is 0.284 e. The second-order valence-electron chi connectivity index (χ2n) is 17.1. The molecule has 2 bridgehead atoms. The van der Waals surface area contributed by atoms with Crippen molar-refractivity contribution in [2.24, 2.45) is 12.9 Å². The summed E-state index contributed by atoms with van der Waals surface area (Å²) in [5.41, 5.74) is 1.12. The number of para-hydroxylation sites is 1. The first-order valence-electron chi connectivity index (χ1n) is 23.0. The van der Waals surface area contributed by atoms with Crippen LogP contribution >= 0.6 is 0 Å². The quantitative estimate of drug-likeness (QED) is 0.147. The van der Waals surface area contributed by atoms with E-state index in [-0.39, 0.29) is 60.9 Å². The van der Waals surface area contributed by atoms with Gasteiger partial charge in [0.25, 0.3) is 12.3 Å². The summed E-state index contributed by atoms with van der Waals surface area (Å²) < 4.78 is 68.9. The number of hydrogen-bond donors (Lipinski definition) is 2. The summed E-state index contributed by atoms with van der Waals surface area (Å²) in [6.45, 7) is 1.59.